The van der Waals surface area contributed by atoms with Crippen molar-refractivity contribution in [3.05, 3.63) is 70.3 Å². The van der Waals surface area contributed by atoms with Crippen LogP contribution in [0.15, 0.2) is 58.8 Å². The highest BCUT2D eigenvalue weighted by atomic mass is 35.5. The third-order valence-corrected chi connectivity index (χ3v) is 9.27. The zero-order chi connectivity index (χ0) is 22.5. The van der Waals surface area contributed by atoms with Gasteiger partial charge in [-0.15, -0.1) is 11.3 Å². The number of pyridine rings is 1. The number of nitrogens with zero attached hydrogens (tertiary/aromatic N) is 3. The second-order valence-electron chi connectivity index (χ2n) is 7.56. The molecule has 0 N–H and O–H groups in total. The fourth-order valence-electron chi connectivity index (χ4n) is 3.76. The molecule has 6 nitrogen and oxygen atoms in total. The van der Waals surface area contributed by atoms with Crippen LogP contribution in [0.4, 0.5) is 0 Å². The molecule has 32 heavy (non-hydrogen) atoms. The molecule has 1 aliphatic rings. The van der Waals surface area contributed by atoms with Crippen LogP contribution in [0, 0.1) is 0 Å². The summed E-state index contributed by atoms with van der Waals surface area (Å²) in [6.45, 7) is 0.800. The SMILES string of the molecule is O=C1CN(S(=O)(=O)c2cc3ccc(Cl)cc3s2)CCN1Cc1ccc2nc(Cl)ccc2c1. The van der Waals surface area contributed by atoms with Gasteiger partial charge in [0, 0.05) is 34.7 Å². The number of benzene rings is 2. The molecular formula is C22H17Cl2N3O3S2. The lowest BCUT2D eigenvalue weighted by atomic mass is 10.1. The molecule has 164 valence electrons. The summed E-state index contributed by atoms with van der Waals surface area (Å²) in [6.07, 6.45) is 0. The number of sulfonamides is 1. The molecule has 0 radical (unpaired) electrons. The fraction of sp³-hybridized carbons (Fsp3) is 0.182. The summed E-state index contributed by atoms with van der Waals surface area (Å²) in [5, 5.41) is 2.74. The number of halogens is 2. The summed E-state index contributed by atoms with van der Waals surface area (Å²) < 4.78 is 28.6. The molecule has 1 fully saturated rings. The number of thiophene rings is 1. The van der Waals surface area contributed by atoms with E-state index in [2.05, 4.69) is 4.98 Å². The summed E-state index contributed by atoms with van der Waals surface area (Å²) in [4.78, 5) is 18.7. The van der Waals surface area contributed by atoms with Crippen molar-refractivity contribution in [1.29, 1.82) is 0 Å². The average Bonchev–Trinajstić information content (AvgIpc) is 3.19. The summed E-state index contributed by atoms with van der Waals surface area (Å²) in [7, 11) is -3.76. The van der Waals surface area contributed by atoms with Crippen molar-refractivity contribution in [2.75, 3.05) is 19.6 Å². The van der Waals surface area contributed by atoms with Gasteiger partial charge in [-0.1, -0.05) is 35.3 Å². The summed E-state index contributed by atoms with van der Waals surface area (Å²) in [6, 6.07) is 16.3. The highest BCUT2D eigenvalue weighted by Crippen LogP contribution is 2.33. The number of hydrogen-bond donors (Lipinski definition) is 0. The quantitative estimate of drug-likeness (QED) is 0.374. The number of rotatable bonds is 4. The number of carbonyl (C=O) groups is 1. The molecule has 0 spiro atoms. The van der Waals surface area contributed by atoms with Gasteiger partial charge < -0.3 is 4.90 Å². The van der Waals surface area contributed by atoms with Crippen LogP contribution in [0.25, 0.3) is 21.0 Å². The van der Waals surface area contributed by atoms with E-state index in [1.165, 1.54) is 4.31 Å². The van der Waals surface area contributed by atoms with Crippen LogP contribution in [0.1, 0.15) is 5.56 Å². The lowest BCUT2D eigenvalue weighted by Crippen LogP contribution is -2.51. The predicted molar refractivity (Wildman–Crippen MR) is 128 cm³/mol. The Morgan fingerprint density at radius 3 is 2.59 bits per heavy atom. The Balaban J connectivity index is 1.32. The van der Waals surface area contributed by atoms with Gasteiger partial charge in [0.05, 0.1) is 12.1 Å². The van der Waals surface area contributed by atoms with E-state index < -0.39 is 10.0 Å². The smallest absolute Gasteiger partial charge is 0.253 e. The van der Waals surface area contributed by atoms with Gasteiger partial charge in [0.15, 0.2) is 0 Å². The van der Waals surface area contributed by atoms with E-state index in [9.17, 15) is 13.2 Å². The van der Waals surface area contributed by atoms with Crippen molar-refractivity contribution in [3.8, 4) is 0 Å². The van der Waals surface area contributed by atoms with Crippen LogP contribution in [-0.2, 0) is 21.4 Å². The molecule has 1 amide bonds. The first-order chi connectivity index (χ1) is 15.3. The van der Waals surface area contributed by atoms with Gasteiger partial charge in [-0.05, 0) is 53.4 Å². The van der Waals surface area contributed by atoms with E-state index in [0.29, 0.717) is 23.3 Å². The highest BCUT2D eigenvalue weighted by molar-refractivity contribution is 7.91. The number of fused-ring (bicyclic) bond motifs is 2. The van der Waals surface area contributed by atoms with E-state index in [4.69, 9.17) is 23.2 Å². The highest BCUT2D eigenvalue weighted by Gasteiger charge is 2.33. The molecule has 5 rings (SSSR count). The minimum absolute atomic E-state index is 0.178. The molecule has 10 heteroatoms. The molecule has 1 saturated heterocycles. The van der Waals surface area contributed by atoms with Crippen molar-refractivity contribution in [2.24, 2.45) is 0 Å². The largest absolute Gasteiger partial charge is 0.336 e. The monoisotopic (exact) mass is 505 g/mol. The number of amides is 1. The molecule has 0 bridgehead atoms. The minimum Gasteiger partial charge on any atom is -0.336 e. The van der Waals surface area contributed by atoms with Crippen molar-refractivity contribution in [3.63, 3.8) is 0 Å². The van der Waals surface area contributed by atoms with E-state index in [0.717, 1.165) is 37.9 Å². The van der Waals surface area contributed by atoms with E-state index in [1.807, 2.05) is 24.3 Å². The second-order valence-corrected chi connectivity index (χ2v) is 11.6. The lowest BCUT2D eigenvalue weighted by Gasteiger charge is -2.33. The maximum absolute atomic E-state index is 13.1. The topological polar surface area (TPSA) is 70.6 Å². The number of hydrogen-bond acceptors (Lipinski definition) is 5. The Labute approximate surface area is 199 Å². The van der Waals surface area contributed by atoms with Gasteiger partial charge in [0.1, 0.15) is 9.36 Å². The lowest BCUT2D eigenvalue weighted by molar-refractivity contribution is -0.134. The molecule has 0 saturated carbocycles. The summed E-state index contributed by atoms with van der Waals surface area (Å²) in [5.41, 5.74) is 1.74. The Morgan fingerprint density at radius 2 is 1.78 bits per heavy atom. The summed E-state index contributed by atoms with van der Waals surface area (Å²) in [5.74, 6) is -0.224. The van der Waals surface area contributed by atoms with Crippen molar-refractivity contribution < 1.29 is 13.2 Å². The van der Waals surface area contributed by atoms with Gasteiger partial charge in [-0.25, -0.2) is 13.4 Å². The van der Waals surface area contributed by atoms with Gasteiger partial charge in [-0.3, -0.25) is 4.79 Å². The van der Waals surface area contributed by atoms with Crippen molar-refractivity contribution in [2.45, 2.75) is 10.8 Å². The zero-order valence-corrected chi connectivity index (χ0v) is 19.8. The van der Waals surface area contributed by atoms with Crippen LogP contribution in [0.3, 0.4) is 0 Å². The molecule has 2 aromatic heterocycles. The summed E-state index contributed by atoms with van der Waals surface area (Å²) >= 11 is 13.1. The molecule has 2 aromatic carbocycles. The number of aromatic nitrogens is 1. The van der Waals surface area contributed by atoms with Crippen molar-refractivity contribution >= 4 is 71.5 Å². The van der Waals surface area contributed by atoms with Gasteiger partial charge in [0.2, 0.25) is 5.91 Å². The van der Waals surface area contributed by atoms with Crippen LogP contribution in [-0.4, -0.2) is 48.1 Å². The maximum atomic E-state index is 13.1. The Hall–Kier alpha value is -2.23. The van der Waals surface area contributed by atoms with Crippen LogP contribution < -0.4 is 0 Å². The molecule has 3 heterocycles. The molecule has 4 aromatic rings. The van der Waals surface area contributed by atoms with Gasteiger partial charge in [0.25, 0.3) is 10.0 Å². The third-order valence-electron chi connectivity index (χ3n) is 5.43. The first kappa shape index (κ1) is 21.6. The van der Waals surface area contributed by atoms with Crippen molar-refractivity contribution in [1.82, 2.24) is 14.2 Å². The second kappa shape index (κ2) is 8.28. The predicted octanol–water partition coefficient (Wildman–Crippen LogP) is 4.79. The molecule has 0 unspecified atom stereocenters. The molecule has 0 atom stereocenters. The Kier molecular flexibility index (Phi) is 5.59. The fourth-order valence-corrected chi connectivity index (χ4v) is 7.13. The minimum atomic E-state index is -3.76. The normalized spacial score (nSPS) is 15.7. The van der Waals surface area contributed by atoms with E-state index in [-0.39, 0.29) is 23.2 Å². The zero-order valence-electron chi connectivity index (χ0n) is 16.7. The molecule has 1 aliphatic heterocycles. The molecule has 0 aliphatic carbocycles. The van der Waals surface area contributed by atoms with E-state index >= 15 is 0 Å². The maximum Gasteiger partial charge on any atom is 0.253 e. The van der Waals surface area contributed by atoms with E-state index in [1.54, 1.807) is 35.2 Å². The van der Waals surface area contributed by atoms with Crippen LogP contribution >= 0.6 is 34.5 Å². The Morgan fingerprint density at radius 1 is 0.969 bits per heavy atom. The third kappa shape index (κ3) is 4.09. The number of piperazine rings is 1. The Bertz CT molecular complexity index is 1470. The number of carbonyl (C=O) groups excluding carboxylic acids is 1. The first-order valence-electron chi connectivity index (χ1n) is 9.82. The average molecular weight is 506 g/mol. The first-order valence-corrected chi connectivity index (χ1v) is 12.8. The van der Waals surface area contributed by atoms with Gasteiger partial charge in [-0.2, -0.15) is 4.31 Å². The molecular weight excluding hydrogens is 489 g/mol. The standard InChI is InChI=1S/C22H17Cl2N3O3S2/c23-17-4-2-16-10-22(31-19(16)11-17)32(29,30)27-8-7-26(21(28)13-27)12-14-1-5-18-15(9-14)3-6-20(24)25-18/h1-6,9-11H,7-8,12-13H2. The van der Waals surface area contributed by atoms with Gasteiger partial charge >= 0.3 is 0 Å². The van der Waals surface area contributed by atoms with Crippen LogP contribution in [0.2, 0.25) is 10.2 Å². The van der Waals surface area contributed by atoms with Crippen LogP contribution in [0.5, 0.6) is 0 Å².